The molecule has 0 aliphatic carbocycles. The van der Waals surface area contributed by atoms with Crippen LogP contribution in [0.15, 0.2) is 24.3 Å². The van der Waals surface area contributed by atoms with Crippen LogP contribution in [0.3, 0.4) is 0 Å². The number of likely N-dealkylation sites (tertiary alicyclic amines) is 1. The summed E-state index contributed by atoms with van der Waals surface area (Å²) in [4.78, 5) is 4.92. The van der Waals surface area contributed by atoms with Gasteiger partial charge in [0, 0.05) is 25.2 Å². The topological polar surface area (TPSA) is 27.7 Å². The van der Waals surface area contributed by atoms with E-state index in [4.69, 9.17) is 4.74 Å². The zero-order valence-corrected chi connectivity index (χ0v) is 13.8. The van der Waals surface area contributed by atoms with Crippen LogP contribution in [0.1, 0.15) is 24.4 Å². The van der Waals surface area contributed by atoms with Gasteiger partial charge in [0.15, 0.2) is 0 Å². The van der Waals surface area contributed by atoms with Gasteiger partial charge in [-0.2, -0.15) is 0 Å². The van der Waals surface area contributed by atoms with Crippen molar-refractivity contribution >= 4 is 0 Å². The van der Waals surface area contributed by atoms with E-state index in [2.05, 4.69) is 47.4 Å². The maximum Gasteiger partial charge on any atom is 0.119 e. The minimum Gasteiger partial charge on any atom is -0.497 e. The third-order valence-electron chi connectivity index (χ3n) is 4.53. The summed E-state index contributed by atoms with van der Waals surface area (Å²) in [7, 11) is 8.20. The van der Waals surface area contributed by atoms with Crippen LogP contribution >= 0.6 is 0 Å². The molecule has 1 aliphatic heterocycles. The summed E-state index contributed by atoms with van der Waals surface area (Å²) in [6.45, 7) is 3.39. The van der Waals surface area contributed by atoms with E-state index >= 15 is 0 Å². The van der Waals surface area contributed by atoms with Crippen molar-refractivity contribution in [2.45, 2.75) is 24.9 Å². The smallest absolute Gasteiger partial charge is 0.119 e. The number of likely N-dealkylation sites (N-methyl/N-ethyl adjacent to an activating group) is 3. The average molecular weight is 291 g/mol. The molecule has 0 radical (unpaired) electrons. The lowest BCUT2D eigenvalue weighted by atomic mass is 10.1. The highest BCUT2D eigenvalue weighted by atomic mass is 16.5. The van der Waals surface area contributed by atoms with Crippen LogP contribution < -0.4 is 10.1 Å². The molecule has 21 heavy (non-hydrogen) atoms. The quantitative estimate of drug-likeness (QED) is 0.831. The zero-order valence-electron chi connectivity index (χ0n) is 13.8. The molecule has 1 heterocycles. The summed E-state index contributed by atoms with van der Waals surface area (Å²) >= 11 is 0. The highest BCUT2D eigenvalue weighted by Crippen LogP contribution is 2.21. The summed E-state index contributed by atoms with van der Waals surface area (Å²) in [5.74, 6) is 0.922. The van der Waals surface area contributed by atoms with E-state index in [9.17, 15) is 0 Å². The van der Waals surface area contributed by atoms with E-state index in [1.54, 1.807) is 7.11 Å². The Labute approximate surface area is 129 Å². The molecule has 4 heteroatoms. The molecule has 118 valence electrons. The Morgan fingerprint density at radius 2 is 2.29 bits per heavy atom. The van der Waals surface area contributed by atoms with Gasteiger partial charge in [0.05, 0.1) is 7.11 Å². The molecular weight excluding hydrogens is 262 g/mol. The van der Waals surface area contributed by atoms with Gasteiger partial charge in [-0.05, 0) is 58.2 Å². The molecule has 0 amide bonds. The van der Waals surface area contributed by atoms with Gasteiger partial charge in [-0.15, -0.1) is 0 Å². The van der Waals surface area contributed by atoms with E-state index in [0.29, 0.717) is 12.1 Å². The molecular formula is C17H29N3O. The molecule has 2 atom stereocenters. The van der Waals surface area contributed by atoms with Gasteiger partial charge in [0.1, 0.15) is 5.75 Å². The first-order valence-corrected chi connectivity index (χ1v) is 7.84. The molecule has 0 bridgehead atoms. The van der Waals surface area contributed by atoms with Gasteiger partial charge in [-0.25, -0.2) is 0 Å². The predicted molar refractivity (Wildman–Crippen MR) is 87.9 cm³/mol. The molecule has 1 aromatic rings. The van der Waals surface area contributed by atoms with E-state index in [1.807, 2.05) is 13.1 Å². The first-order chi connectivity index (χ1) is 10.1. The molecule has 1 fully saturated rings. The Hall–Kier alpha value is -1.10. The van der Waals surface area contributed by atoms with Crippen LogP contribution in [-0.4, -0.2) is 63.7 Å². The minimum absolute atomic E-state index is 0.330. The number of nitrogens with one attached hydrogen (secondary N) is 1. The molecule has 1 aliphatic rings. The molecule has 0 spiro atoms. The fourth-order valence-corrected chi connectivity index (χ4v) is 3.18. The van der Waals surface area contributed by atoms with E-state index in [0.717, 1.165) is 18.8 Å². The SMILES string of the molecule is CNC(CN(C)CC1CCCN1C)c1cccc(OC)c1. The van der Waals surface area contributed by atoms with Crippen LogP contribution in [0.25, 0.3) is 0 Å². The van der Waals surface area contributed by atoms with E-state index in [-0.39, 0.29) is 0 Å². The van der Waals surface area contributed by atoms with Crippen molar-refractivity contribution in [3.05, 3.63) is 29.8 Å². The molecule has 1 aromatic carbocycles. The van der Waals surface area contributed by atoms with Gasteiger partial charge >= 0.3 is 0 Å². The fraction of sp³-hybridized carbons (Fsp3) is 0.647. The molecule has 0 aromatic heterocycles. The van der Waals surface area contributed by atoms with Crippen LogP contribution in [0, 0.1) is 0 Å². The lowest BCUT2D eigenvalue weighted by Crippen LogP contribution is -2.40. The zero-order chi connectivity index (χ0) is 15.2. The Morgan fingerprint density at radius 1 is 1.48 bits per heavy atom. The third kappa shape index (κ3) is 4.43. The second-order valence-corrected chi connectivity index (χ2v) is 6.12. The largest absolute Gasteiger partial charge is 0.497 e. The Balaban J connectivity index is 1.94. The summed E-state index contributed by atoms with van der Waals surface area (Å²) in [5, 5.41) is 3.43. The van der Waals surface area contributed by atoms with Crippen LogP contribution in [0.5, 0.6) is 5.75 Å². The molecule has 1 N–H and O–H groups in total. The average Bonchev–Trinajstić information content (AvgIpc) is 2.90. The van der Waals surface area contributed by atoms with Gasteiger partial charge in [-0.1, -0.05) is 12.1 Å². The second-order valence-electron chi connectivity index (χ2n) is 6.12. The lowest BCUT2D eigenvalue weighted by Gasteiger charge is -2.29. The predicted octanol–water partition coefficient (Wildman–Crippen LogP) is 1.98. The molecule has 2 unspecified atom stereocenters. The summed E-state index contributed by atoms with van der Waals surface area (Å²) in [6.07, 6.45) is 2.66. The van der Waals surface area contributed by atoms with Gasteiger partial charge < -0.3 is 19.9 Å². The lowest BCUT2D eigenvalue weighted by molar-refractivity contribution is 0.208. The number of nitrogens with zero attached hydrogens (tertiary/aromatic N) is 2. The van der Waals surface area contributed by atoms with Crippen LogP contribution in [0.2, 0.25) is 0 Å². The third-order valence-corrected chi connectivity index (χ3v) is 4.53. The van der Waals surface area contributed by atoms with Gasteiger partial charge in [0.2, 0.25) is 0 Å². The maximum atomic E-state index is 5.33. The summed E-state index contributed by atoms with van der Waals surface area (Å²) in [6, 6.07) is 9.38. The van der Waals surface area contributed by atoms with Crippen molar-refractivity contribution in [2.24, 2.45) is 0 Å². The normalized spacial score (nSPS) is 20.9. The number of hydrogen-bond donors (Lipinski definition) is 1. The van der Waals surface area contributed by atoms with Crippen molar-refractivity contribution < 1.29 is 4.74 Å². The first kappa shape index (κ1) is 16.3. The fourth-order valence-electron chi connectivity index (χ4n) is 3.18. The number of methoxy groups -OCH3 is 1. The highest BCUT2D eigenvalue weighted by molar-refractivity contribution is 5.30. The highest BCUT2D eigenvalue weighted by Gasteiger charge is 2.23. The van der Waals surface area contributed by atoms with Crippen molar-refractivity contribution in [1.29, 1.82) is 0 Å². The molecule has 2 rings (SSSR count). The number of hydrogen-bond acceptors (Lipinski definition) is 4. The monoisotopic (exact) mass is 291 g/mol. The molecule has 0 saturated carbocycles. The number of ether oxygens (including phenoxy) is 1. The minimum atomic E-state index is 0.330. The molecule has 4 nitrogen and oxygen atoms in total. The van der Waals surface area contributed by atoms with E-state index in [1.165, 1.54) is 24.9 Å². The van der Waals surface area contributed by atoms with Crippen LogP contribution in [0.4, 0.5) is 0 Å². The maximum absolute atomic E-state index is 5.33. The standard InChI is InChI=1S/C17H29N3O/c1-18-17(14-7-5-9-16(11-14)21-4)13-19(2)12-15-8-6-10-20(15)3/h5,7,9,11,15,17-18H,6,8,10,12-13H2,1-4H3. The summed E-state index contributed by atoms with van der Waals surface area (Å²) < 4.78 is 5.33. The molecule has 1 saturated heterocycles. The van der Waals surface area contributed by atoms with Crippen molar-refractivity contribution in [2.75, 3.05) is 47.9 Å². The number of benzene rings is 1. The van der Waals surface area contributed by atoms with Gasteiger partial charge in [0.25, 0.3) is 0 Å². The van der Waals surface area contributed by atoms with E-state index < -0.39 is 0 Å². The van der Waals surface area contributed by atoms with Crippen molar-refractivity contribution in [1.82, 2.24) is 15.1 Å². The Morgan fingerprint density at radius 3 is 2.90 bits per heavy atom. The van der Waals surface area contributed by atoms with Gasteiger partial charge in [-0.3, -0.25) is 0 Å². The first-order valence-electron chi connectivity index (χ1n) is 7.84. The Kier molecular flexibility index (Phi) is 6.03. The Bertz CT molecular complexity index is 438. The second kappa shape index (κ2) is 7.78. The van der Waals surface area contributed by atoms with Crippen molar-refractivity contribution in [3.63, 3.8) is 0 Å². The van der Waals surface area contributed by atoms with Crippen LogP contribution in [-0.2, 0) is 0 Å². The number of rotatable bonds is 7. The van der Waals surface area contributed by atoms with Crippen molar-refractivity contribution in [3.8, 4) is 5.75 Å². The summed E-state index contributed by atoms with van der Waals surface area (Å²) in [5.41, 5.74) is 1.28.